The Labute approximate surface area is 178 Å². The van der Waals surface area contributed by atoms with Gasteiger partial charge in [0, 0.05) is 28.8 Å². The minimum Gasteiger partial charge on any atom is -0.760 e. The van der Waals surface area contributed by atoms with Gasteiger partial charge in [0.2, 0.25) is 0 Å². The molecule has 3 aromatic rings. The molecule has 1 N–H and O–H groups in total. The molecule has 2 aromatic carbocycles. The van der Waals surface area contributed by atoms with Crippen LogP contribution in [0.25, 0.3) is 22.0 Å². The molecule has 0 spiro atoms. The number of piperidine rings is 1. The highest BCUT2D eigenvalue weighted by atomic mass is 32.2. The third kappa shape index (κ3) is 4.52. The van der Waals surface area contributed by atoms with Crippen LogP contribution in [-0.2, 0) is 17.7 Å². The summed E-state index contributed by atoms with van der Waals surface area (Å²) in [6, 6.07) is 15.6. The van der Waals surface area contributed by atoms with Gasteiger partial charge in [0.1, 0.15) is 0 Å². The van der Waals surface area contributed by atoms with E-state index >= 15 is 0 Å². The van der Waals surface area contributed by atoms with Gasteiger partial charge in [-0.3, -0.25) is 9.00 Å². The van der Waals surface area contributed by atoms with Gasteiger partial charge in [0.15, 0.2) is 0 Å². The fraction of sp³-hybridized carbons (Fsp3) is 0.364. The van der Waals surface area contributed by atoms with Gasteiger partial charge in [-0.05, 0) is 57.1 Å². The van der Waals surface area contributed by atoms with Crippen molar-refractivity contribution in [1.82, 2.24) is 19.4 Å². The number of nitrogens with zero attached hydrogens (tertiary/aromatic N) is 3. The fourth-order valence-corrected chi connectivity index (χ4v) is 4.33. The summed E-state index contributed by atoms with van der Waals surface area (Å²) in [6.45, 7) is 2.23. The van der Waals surface area contributed by atoms with Crippen molar-refractivity contribution in [1.29, 1.82) is 0 Å². The standard InChI is InChI=1S/C22H26N4O3S/c1-25-13-10-18(11-14-25)26-22(27)20-8-3-2-7-19(20)21(24-26)17-6-4-5-16(15-17)9-12-23-30(28)29/h2-8,15,18,23H,9-14H2,1H3,(H,28,29)/p-1. The van der Waals surface area contributed by atoms with Gasteiger partial charge in [-0.25, -0.2) is 9.40 Å². The Morgan fingerprint density at radius 2 is 1.87 bits per heavy atom. The number of benzene rings is 2. The average Bonchev–Trinajstić information content (AvgIpc) is 2.75. The summed E-state index contributed by atoms with van der Waals surface area (Å²) < 4.78 is 25.5. The first-order valence-corrected chi connectivity index (χ1v) is 11.2. The first-order chi connectivity index (χ1) is 14.5. The van der Waals surface area contributed by atoms with E-state index in [0.29, 0.717) is 18.4 Å². The van der Waals surface area contributed by atoms with Crippen molar-refractivity contribution in [3.05, 3.63) is 64.4 Å². The van der Waals surface area contributed by atoms with E-state index < -0.39 is 11.3 Å². The van der Waals surface area contributed by atoms with Gasteiger partial charge in [0.25, 0.3) is 5.56 Å². The zero-order valence-electron chi connectivity index (χ0n) is 16.9. The number of hydrogen-bond acceptors (Lipinski definition) is 5. The van der Waals surface area contributed by atoms with Crippen molar-refractivity contribution in [2.24, 2.45) is 0 Å². The van der Waals surface area contributed by atoms with Crippen LogP contribution < -0.4 is 10.3 Å². The molecule has 0 aliphatic carbocycles. The van der Waals surface area contributed by atoms with Crippen molar-refractivity contribution < 1.29 is 8.76 Å². The maximum atomic E-state index is 13.2. The Kier molecular flexibility index (Phi) is 6.38. The molecule has 0 radical (unpaired) electrons. The average molecular weight is 426 g/mol. The van der Waals surface area contributed by atoms with Crippen LogP contribution in [-0.4, -0.2) is 50.1 Å². The lowest BCUT2D eigenvalue weighted by molar-refractivity contribution is 0.209. The van der Waals surface area contributed by atoms with E-state index in [4.69, 9.17) is 5.10 Å². The lowest BCUT2D eigenvalue weighted by atomic mass is 10.0. The molecule has 1 aliphatic heterocycles. The number of hydrogen-bond donors (Lipinski definition) is 1. The zero-order valence-corrected chi connectivity index (χ0v) is 17.7. The molecule has 1 unspecified atom stereocenters. The molecule has 1 aliphatic rings. The quantitative estimate of drug-likeness (QED) is 0.612. The Morgan fingerprint density at radius 3 is 2.60 bits per heavy atom. The topological polar surface area (TPSA) is 90.3 Å². The molecule has 30 heavy (non-hydrogen) atoms. The minimum absolute atomic E-state index is 0.0396. The SMILES string of the molecule is CN1CCC(n2nc(-c3cccc(CCNS(=O)[O-])c3)c3ccccc3c2=O)CC1. The molecule has 0 saturated carbocycles. The third-order valence-corrected chi connectivity index (χ3v) is 6.14. The van der Waals surface area contributed by atoms with Crippen LogP contribution in [0.15, 0.2) is 53.3 Å². The minimum atomic E-state index is -2.26. The summed E-state index contributed by atoms with van der Waals surface area (Å²) in [5.41, 5.74) is 2.68. The highest BCUT2D eigenvalue weighted by molar-refractivity contribution is 7.77. The second kappa shape index (κ2) is 9.18. The molecule has 8 heteroatoms. The fourth-order valence-electron chi connectivity index (χ4n) is 4.06. The highest BCUT2D eigenvalue weighted by Gasteiger charge is 2.22. The normalized spacial score (nSPS) is 16.7. The zero-order chi connectivity index (χ0) is 21.1. The van der Waals surface area contributed by atoms with E-state index in [9.17, 15) is 13.6 Å². The number of likely N-dealkylation sites (tertiary alicyclic amines) is 1. The Morgan fingerprint density at radius 1 is 1.13 bits per heavy atom. The molecule has 1 atom stereocenters. The van der Waals surface area contributed by atoms with Crippen LogP contribution in [0.1, 0.15) is 24.4 Å². The Bertz CT molecular complexity index is 1120. The molecule has 158 valence electrons. The summed E-state index contributed by atoms with van der Waals surface area (Å²) in [5, 5.41) is 6.35. The number of fused-ring (bicyclic) bond motifs is 1. The maximum Gasteiger partial charge on any atom is 0.274 e. The van der Waals surface area contributed by atoms with Crippen LogP contribution in [0.5, 0.6) is 0 Å². The third-order valence-electron chi connectivity index (χ3n) is 5.70. The van der Waals surface area contributed by atoms with E-state index in [-0.39, 0.29) is 11.6 Å². The van der Waals surface area contributed by atoms with Crippen LogP contribution in [0, 0.1) is 0 Å². The molecular formula is C22H25N4O3S-. The van der Waals surface area contributed by atoms with Gasteiger partial charge < -0.3 is 9.45 Å². The second-order valence-electron chi connectivity index (χ2n) is 7.76. The monoisotopic (exact) mass is 425 g/mol. The van der Waals surface area contributed by atoms with E-state index in [1.807, 2.05) is 48.5 Å². The van der Waals surface area contributed by atoms with Crippen molar-refractivity contribution in [2.45, 2.75) is 25.3 Å². The van der Waals surface area contributed by atoms with Gasteiger partial charge in [-0.1, -0.05) is 36.4 Å². The van der Waals surface area contributed by atoms with Gasteiger partial charge >= 0.3 is 0 Å². The van der Waals surface area contributed by atoms with Crippen LogP contribution in [0.3, 0.4) is 0 Å². The predicted octanol–water partition coefficient (Wildman–Crippen LogP) is 2.26. The van der Waals surface area contributed by atoms with E-state index in [0.717, 1.165) is 48.1 Å². The van der Waals surface area contributed by atoms with Gasteiger partial charge in [0.05, 0.1) is 17.1 Å². The molecule has 2 heterocycles. The lowest BCUT2D eigenvalue weighted by Gasteiger charge is -2.29. The lowest BCUT2D eigenvalue weighted by Crippen LogP contribution is -2.36. The molecule has 4 rings (SSSR count). The summed E-state index contributed by atoms with van der Waals surface area (Å²) in [6.07, 6.45) is 2.38. The first kappa shape index (κ1) is 20.9. The molecule has 1 aromatic heterocycles. The van der Waals surface area contributed by atoms with E-state index in [2.05, 4.69) is 16.7 Å². The summed E-state index contributed by atoms with van der Waals surface area (Å²) >= 11 is -2.26. The summed E-state index contributed by atoms with van der Waals surface area (Å²) in [7, 11) is 2.10. The number of rotatable bonds is 6. The molecule has 1 saturated heterocycles. The number of aromatic nitrogens is 2. The van der Waals surface area contributed by atoms with Crippen molar-refractivity contribution in [3.63, 3.8) is 0 Å². The predicted molar refractivity (Wildman–Crippen MR) is 118 cm³/mol. The van der Waals surface area contributed by atoms with Crippen LogP contribution in [0.4, 0.5) is 0 Å². The van der Waals surface area contributed by atoms with Crippen LogP contribution in [0.2, 0.25) is 0 Å². The summed E-state index contributed by atoms with van der Waals surface area (Å²) in [4.78, 5) is 15.5. The maximum absolute atomic E-state index is 13.2. The molecule has 7 nitrogen and oxygen atoms in total. The Hall–Kier alpha value is -2.39. The largest absolute Gasteiger partial charge is 0.760 e. The van der Waals surface area contributed by atoms with Crippen molar-refractivity contribution >= 4 is 22.0 Å². The van der Waals surface area contributed by atoms with E-state index in [1.54, 1.807) is 4.68 Å². The van der Waals surface area contributed by atoms with Gasteiger partial charge in [-0.15, -0.1) is 0 Å². The highest BCUT2D eigenvalue weighted by Crippen LogP contribution is 2.28. The molecule has 0 amide bonds. The second-order valence-corrected chi connectivity index (χ2v) is 8.52. The Balaban J connectivity index is 1.76. The molecular weight excluding hydrogens is 400 g/mol. The van der Waals surface area contributed by atoms with Crippen LogP contribution >= 0.6 is 0 Å². The molecule has 1 fully saturated rings. The first-order valence-electron chi connectivity index (χ1n) is 10.1. The smallest absolute Gasteiger partial charge is 0.274 e. The van der Waals surface area contributed by atoms with Crippen molar-refractivity contribution in [2.75, 3.05) is 26.7 Å². The van der Waals surface area contributed by atoms with Gasteiger partial charge in [-0.2, -0.15) is 5.10 Å². The molecule has 0 bridgehead atoms. The van der Waals surface area contributed by atoms with E-state index in [1.165, 1.54) is 0 Å². The van der Waals surface area contributed by atoms with Crippen molar-refractivity contribution in [3.8, 4) is 11.3 Å². The summed E-state index contributed by atoms with van der Waals surface area (Å²) in [5.74, 6) is 0. The number of nitrogens with one attached hydrogen (secondary N) is 1.